The Morgan fingerprint density at radius 2 is 2.39 bits per heavy atom. The van der Waals surface area contributed by atoms with Crippen molar-refractivity contribution in [2.24, 2.45) is 5.73 Å². The maximum absolute atomic E-state index is 5.94. The minimum absolute atomic E-state index is 0.255. The van der Waals surface area contributed by atoms with E-state index in [1.165, 1.54) is 18.5 Å². The SMILES string of the molecule is COCCCN(C)C(CN)c1cncn1C1CC1. The van der Waals surface area contributed by atoms with Gasteiger partial charge in [0.1, 0.15) is 0 Å². The number of methoxy groups -OCH3 is 1. The zero-order valence-electron chi connectivity index (χ0n) is 11.4. The van der Waals surface area contributed by atoms with Crippen molar-refractivity contribution in [1.82, 2.24) is 14.5 Å². The third kappa shape index (κ3) is 3.10. The molecule has 0 bridgehead atoms. The van der Waals surface area contributed by atoms with Gasteiger partial charge in [0, 0.05) is 39.0 Å². The molecule has 0 amide bonds. The Balaban J connectivity index is 2.00. The third-order valence-electron chi connectivity index (χ3n) is 3.59. The van der Waals surface area contributed by atoms with Gasteiger partial charge in [0.25, 0.3) is 0 Å². The molecule has 18 heavy (non-hydrogen) atoms. The Labute approximate surface area is 109 Å². The van der Waals surface area contributed by atoms with Crippen molar-refractivity contribution in [3.8, 4) is 0 Å². The van der Waals surface area contributed by atoms with Crippen molar-refractivity contribution in [2.75, 3.05) is 33.9 Å². The fraction of sp³-hybridized carbons (Fsp3) is 0.769. The van der Waals surface area contributed by atoms with Gasteiger partial charge in [-0.3, -0.25) is 4.90 Å². The molecule has 1 aliphatic rings. The summed E-state index contributed by atoms with van der Waals surface area (Å²) in [6.45, 7) is 2.41. The van der Waals surface area contributed by atoms with Crippen LogP contribution in [0.3, 0.4) is 0 Å². The number of nitrogens with two attached hydrogens (primary N) is 1. The zero-order chi connectivity index (χ0) is 13.0. The standard InChI is InChI=1S/C13H24N4O/c1-16(6-3-7-18-2)12(8-14)13-9-15-10-17(13)11-4-5-11/h9-12H,3-8,14H2,1-2H3. The molecule has 1 aromatic rings. The van der Waals surface area contributed by atoms with Gasteiger partial charge in [0.15, 0.2) is 0 Å². The molecule has 5 heteroatoms. The van der Waals surface area contributed by atoms with Gasteiger partial charge in [-0.25, -0.2) is 4.98 Å². The summed E-state index contributed by atoms with van der Waals surface area (Å²) in [4.78, 5) is 6.59. The molecule has 1 saturated carbocycles. The molecule has 1 atom stereocenters. The Kier molecular flexibility index (Phi) is 4.74. The summed E-state index contributed by atoms with van der Waals surface area (Å²) in [5.41, 5.74) is 7.19. The second kappa shape index (κ2) is 6.31. The number of likely N-dealkylation sites (N-methyl/N-ethyl adjacent to an activating group) is 1. The maximum atomic E-state index is 5.94. The summed E-state index contributed by atoms with van der Waals surface area (Å²) in [6, 6.07) is 0.911. The highest BCUT2D eigenvalue weighted by Gasteiger charge is 2.28. The molecule has 1 unspecified atom stereocenters. The van der Waals surface area contributed by atoms with E-state index < -0.39 is 0 Å². The molecule has 0 aliphatic heterocycles. The lowest BCUT2D eigenvalue weighted by Crippen LogP contribution is -2.33. The molecule has 5 nitrogen and oxygen atoms in total. The van der Waals surface area contributed by atoms with E-state index in [4.69, 9.17) is 10.5 Å². The van der Waals surface area contributed by atoms with Gasteiger partial charge in [0.05, 0.1) is 18.1 Å². The van der Waals surface area contributed by atoms with Crippen molar-refractivity contribution in [3.63, 3.8) is 0 Å². The van der Waals surface area contributed by atoms with Crippen LogP contribution in [-0.4, -0.2) is 48.3 Å². The quantitative estimate of drug-likeness (QED) is 0.706. The zero-order valence-corrected chi connectivity index (χ0v) is 11.4. The molecular weight excluding hydrogens is 228 g/mol. The molecule has 2 rings (SSSR count). The van der Waals surface area contributed by atoms with E-state index in [0.29, 0.717) is 12.6 Å². The van der Waals surface area contributed by atoms with E-state index >= 15 is 0 Å². The van der Waals surface area contributed by atoms with Crippen molar-refractivity contribution in [2.45, 2.75) is 31.3 Å². The number of ether oxygens (including phenoxy) is 1. The van der Waals surface area contributed by atoms with E-state index in [1.54, 1.807) is 7.11 Å². The molecule has 0 aromatic carbocycles. The fourth-order valence-corrected chi connectivity index (χ4v) is 2.37. The Morgan fingerprint density at radius 3 is 3.00 bits per heavy atom. The third-order valence-corrected chi connectivity index (χ3v) is 3.59. The molecule has 0 saturated heterocycles. The topological polar surface area (TPSA) is 56.3 Å². The summed E-state index contributed by atoms with van der Waals surface area (Å²) in [7, 11) is 3.86. The first kappa shape index (κ1) is 13.5. The highest BCUT2D eigenvalue weighted by atomic mass is 16.5. The van der Waals surface area contributed by atoms with Gasteiger partial charge >= 0.3 is 0 Å². The number of aromatic nitrogens is 2. The van der Waals surface area contributed by atoms with E-state index in [-0.39, 0.29) is 6.04 Å². The molecule has 0 radical (unpaired) electrons. The van der Waals surface area contributed by atoms with Gasteiger partial charge < -0.3 is 15.0 Å². The Bertz CT molecular complexity index is 362. The van der Waals surface area contributed by atoms with Crippen LogP contribution in [0.5, 0.6) is 0 Å². The lowest BCUT2D eigenvalue weighted by molar-refractivity contribution is 0.164. The molecule has 0 spiro atoms. The van der Waals surface area contributed by atoms with Gasteiger partial charge in [-0.15, -0.1) is 0 Å². The average molecular weight is 252 g/mol. The van der Waals surface area contributed by atoms with Gasteiger partial charge in [-0.05, 0) is 26.3 Å². The number of imidazole rings is 1. The van der Waals surface area contributed by atoms with E-state index in [9.17, 15) is 0 Å². The molecule has 102 valence electrons. The number of hydrogen-bond acceptors (Lipinski definition) is 4. The van der Waals surface area contributed by atoms with Crippen LogP contribution in [0.15, 0.2) is 12.5 Å². The van der Waals surface area contributed by atoms with Gasteiger partial charge in [-0.2, -0.15) is 0 Å². The maximum Gasteiger partial charge on any atom is 0.0951 e. The Morgan fingerprint density at radius 1 is 1.61 bits per heavy atom. The molecular formula is C13H24N4O. The highest BCUT2D eigenvalue weighted by molar-refractivity contribution is 5.09. The molecule has 1 aromatic heterocycles. The lowest BCUT2D eigenvalue weighted by atomic mass is 10.2. The summed E-state index contributed by atoms with van der Waals surface area (Å²) in [5, 5.41) is 0. The summed E-state index contributed by atoms with van der Waals surface area (Å²) >= 11 is 0. The van der Waals surface area contributed by atoms with Gasteiger partial charge in [-0.1, -0.05) is 0 Å². The van der Waals surface area contributed by atoms with E-state index in [1.807, 2.05) is 12.5 Å². The van der Waals surface area contributed by atoms with Gasteiger partial charge in [0.2, 0.25) is 0 Å². The van der Waals surface area contributed by atoms with Crippen molar-refractivity contribution >= 4 is 0 Å². The number of hydrogen-bond donors (Lipinski definition) is 1. The highest BCUT2D eigenvalue weighted by Crippen LogP contribution is 2.37. The predicted molar refractivity (Wildman–Crippen MR) is 71.4 cm³/mol. The lowest BCUT2D eigenvalue weighted by Gasteiger charge is -2.27. The summed E-state index contributed by atoms with van der Waals surface area (Å²) < 4.78 is 7.39. The first-order valence-electron chi connectivity index (χ1n) is 6.69. The molecule has 1 heterocycles. The number of rotatable bonds is 8. The second-order valence-electron chi connectivity index (χ2n) is 5.04. The van der Waals surface area contributed by atoms with E-state index in [0.717, 1.165) is 19.6 Å². The average Bonchev–Trinajstić information content (AvgIpc) is 3.11. The minimum atomic E-state index is 0.255. The second-order valence-corrected chi connectivity index (χ2v) is 5.04. The smallest absolute Gasteiger partial charge is 0.0951 e. The Hall–Kier alpha value is -0.910. The fourth-order valence-electron chi connectivity index (χ4n) is 2.37. The van der Waals surface area contributed by atoms with Crippen molar-refractivity contribution < 1.29 is 4.74 Å². The minimum Gasteiger partial charge on any atom is -0.385 e. The van der Waals surface area contributed by atoms with Crippen molar-refractivity contribution in [1.29, 1.82) is 0 Å². The van der Waals surface area contributed by atoms with Crippen LogP contribution >= 0.6 is 0 Å². The molecule has 1 fully saturated rings. The molecule has 2 N–H and O–H groups in total. The van der Waals surface area contributed by atoms with Crippen LogP contribution in [0.2, 0.25) is 0 Å². The summed E-state index contributed by atoms with van der Waals surface area (Å²) in [6.07, 6.45) is 7.48. The predicted octanol–water partition coefficient (Wildman–Crippen LogP) is 1.19. The summed E-state index contributed by atoms with van der Waals surface area (Å²) in [5.74, 6) is 0. The van der Waals surface area contributed by atoms with Crippen LogP contribution in [0.25, 0.3) is 0 Å². The number of nitrogens with zero attached hydrogens (tertiary/aromatic N) is 3. The molecule has 1 aliphatic carbocycles. The van der Waals surface area contributed by atoms with Crippen molar-refractivity contribution in [3.05, 3.63) is 18.2 Å². The van der Waals surface area contributed by atoms with Crippen LogP contribution in [0.1, 0.15) is 37.0 Å². The van der Waals surface area contributed by atoms with Crippen LogP contribution < -0.4 is 5.73 Å². The van der Waals surface area contributed by atoms with Crippen LogP contribution in [-0.2, 0) is 4.74 Å². The largest absolute Gasteiger partial charge is 0.385 e. The first-order valence-corrected chi connectivity index (χ1v) is 6.69. The normalized spacial score (nSPS) is 17.3. The van der Waals surface area contributed by atoms with E-state index in [2.05, 4.69) is 21.5 Å². The van der Waals surface area contributed by atoms with Crippen LogP contribution in [0, 0.1) is 0 Å². The monoisotopic (exact) mass is 252 g/mol. The van der Waals surface area contributed by atoms with Crippen LogP contribution in [0.4, 0.5) is 0 Å². The first-order chi connectivity index (χ1) is 8.77.